The van der Waals surface area contributed by atoms with Crippen LogP contribution in [0.1, 0.15) is 57.9 Å². The number of benzene rings is 1. The number of methoxy groups -OCH3 is 1. The van der Waals surface area contributed by atoms with Gasteiger partial charge in [-0.15, -0.1) is 22.7 Å². The predicted molar refractivity (Wildman–Crippen MR) is 145 cm³/mol. The smallest absolute Gasteiger partial charge is 0.264 e. The molecule has 0 aliphatic carbocycles. The molecule has 8 heteroatoms. The molecule has 6 nitrogen and oxygen atoms in total. The zero-order valence-corrected chi connectivity index (χ0v) is 22.8. The van der Waals surface area contributed by atoms with Gasteiger partial charge in [0.05, 0.1) is 10.9 Å². The number of rotatable bonds is 11. The molecule has 3 aromatic rings. The van der Waals surface area contributed by atoms with Crippen LogP contribution in [0.3, 0.4) is 0 Å². The maximum atomic E-state index is 13.6. The van der Waals surface area contributed by atoms with Crippen molar-refractivity contribution >= 4 is 34.5 Å². The van der Waals surface area contributed by atoms with E-state index >= 15 is 0 Å². The van der Waals surface area contributed by atoms with E-state index in [1.54, 1.807) is 29.4 Å². The van der Waals surface area contributed by atoms with E-state index < -0.39 is 0 Å². The van der Waals surface area contributed by atoms with Crippen LogP contribution >= 0.6 is 22.7 Å². The lowest BCUT2D eigenvalue weighted by Gasteiger charge is -2.37. The number of hydrogen-bond acceptors (Lipinski definition) is 6. The van der Waals surface area contributed by atoms with Crippen molar-refractivity contribution in [3.05, 3.63) is 74.1 Å². The molecule has 0 N–H and O–H groups in total. The number of thiophene rings is 2. The Hall–Kier alpha value is -2.68. The molecule has 192 valence electrons. The zero-order valence-electron chi connectivity index (χ0n) is 21.1. The molecule has 1 aliphatic heterocycles. The first-order chi connectivity index (χ1) is 17.5. The van der Waals surface area contributed by atoms with E-state index in [4.69, 9.17) is 9.47 Å². The fourth-order valence-corrected chi connectivity index (χ4v) is 6.08. The second kappa shape index (κ2) is 12.5. The van der Waals surface area contributed by atoms with Crippen molar-refractivity contribution in [2.45, 2.75) is 38.6 Å². The summed E-state index contributed by atoms with van der Waals surface area (Å²) in [6.45, 7) is 6.38. The van der Waals surface area contributed by atoms with Gasteiger partial charge < -0.3 is 19.3 Å². The van der Waals surface area contributed by atoms with Crippen molar-refractivity contribution in [3.63, 3.8) is 0 Å². The quantitative estimate of drug-likeness (QED) is 0.305. The van der Waals surface area contributed by atoms with Crippen LogP contribution < -0.4 is 4.74 Å². The Kier molecular flexibility index (Phi) is 9.18. The molecular weight excluding hydrogens is 492 g/mol. The van der Waals surface area contributed by atoms with Crippen LogP contribution in [-0.2, 0) is 16.0 Å². The summed E-state index contributed by atoms with van der Waals surface area (Å²) in [6.07, 6.45) is 1.50. The van der Waals surface area contributed by atoms with Crippen molar-refractivity contribution in [3.8, 4) is 5.75 Å². The number of nitrogens with zero attached hydrogens (tertiary/aromatic N) is 2. The number of ether oxygens (including phenoxy) is 2. The Morgan fingerprint density at radius 1 is 1.11 bits per heavy atom. The normalized spacial score (nSPS) is 15.1. The maximum Gasteiger partial charge on any atom is 0.264 e. The van der Waals surface area contributed by atoms with Gasteiger partial charge >= 0.3 is 0 Å². The summed E-state index contributed by atoms with van der Waals surface area (Å²) >= 11 is 3.13. The highest BCUT2D eigenvalue weighted by Crippen LogP contribution is 2.34. The fraction of sp³-hybridized carbons (Fsp3) is 0.429. The highest BCUT2D eigenvalue weighted by molar-refractivity contribution is 7.12. The molecule has 1 atom stereocenters. The molecule has 3 heterocycles. The Balaban J connectivity index is 1.49. The van der Waals surface area contributed by atoms with Crippen LogP contribution in [0, 0.1) is 0 Å². The first-order valence-corrected chi connectivity index (χ1v) is 14.1. The van der Waals surface area contributed by atoms with Gasteiger partial charge in [-0.05, 0) is 64.9 Å². The highest BCUT2D eigenvalue weighted by atomic mass is 32.1. The third-order valence-corrected chi connectivity index (χ3v) is 8.35. The van der Waals surface area contributed by atoms with Crippen molar-refractivity contribution in [1.29, 1.82) is 0 Å². The van der Waals surface area contributed by atoms with Gasteiger partial charge in [0.25, 0.3) is 5.91 Å². The van der Waals surface area contributed by atoms with E-state index in [1.165, 1.54) is 21.8 Å². The number of fused-ring (bicyclic) bond motifs is 1. The van der Waals surface area contributed by atoms with Gasteiger partial charge in [-0.1, -0.05) is 32.0 Å². The lowest BCUT2D eigenvalue weighted by molar-refractivity contribution is -0.135. The first-order valence-electron chi connectivity index (χ1n) is 12.4. The second-order valence-corrected chi connectivity index (χ2v) is 11.2. The lowest BCUT2D eigenvalue weighted by Crippen LogP contribution is -2.48. The molecule has 0 spiro atoms. The van der Waals surface area contributed by atoms with E-state index in [1.807, 2.05) is 28.5 Å². The standard InChI is InChI=1S/C28H34N2O4S2/c1-20(2)21-7-9-22(10-8-21)34-19-24-23-12-17-36-25(23)11-14-30(24)27(31)18-29(13-5-15-33-3)28(32)26-6-4-16-35-26/h4,6-10,12,16-17,20,24H,5,11,13-15,18-19H2,1-3H3. The summed E-state index contributed by atoms with van der Waals surface area (Å²) in [5.41, 5.74) is 2.41. The molecule has 1 aliphatic rings. The van der Waals surface area contributed by atoms with Crippen molar-refractivity contribution < 1.29 is 19.1 Å². The van der Waals surface area contributed by atoms with Gasteiger partial charge in [0.2, 0.25) is 5.91 Å². The molecule has 0 saturated heterocycles. The lowest BCUT2D eigenvalue weighted by atomic mass is 10.00. The van der Waals surface area contributed by atoms with Gasteiger partial charge in [-0.2, -0.15) is 0 Å². The van der Waals surface area contributed by atoms with E-state index in [9.17, 15) is 9.59 Å². The Morgan fingerprint density at radius 2 is 1.92 bits per heavy atom. The minimum Gasteiger partial charge on any atom is -0.491 e. The molecule has 36 heavy (non-hydrogen) atoms. The number of carbonyl (C=O) groups is 2. The molecule has 0 radical (unpaired) electrons. The molecular formula is C28H34N2O4S2. The molecule has 0 saturated carbocycles. The Bertz CT molecular complexity index is 1120. The minimum atomic E-state index is -0.185. The molecule has 1 aromatic carbocycles. The third kappa shape index (κ3) is 6.35. The molecule has 4 rings (SSSR count). The average Bonchev–Trinajstić information content (AvgIpc) is 3.59. The molecule has 2 amide bonds. The zero-order chi connectivity index (χ0) is 25.5. The maximum absolute atomic E-state index is 13.6. The van der Waals surface area contributed by atoms with Crippen LogP contribution in [-0.4, -0.2) is 61.6 Å². The van der Waals surface area contributed by atoms with Gasteiger partial charge in [0, 0.05) is 31.7 Å². The van der Waals surface area contributed by atoms with E-state index in [0.717, 1.165) is 17.7 Å². The Labute approximate surface area is 221 Å². The summed E-state index contributed by atoms with van der Waals surface area (Å²) in [5, 5.41) is 3.96. The van der Waals surface area contributed by atoms with Crippen LogP contribution in [0.4, 0.5) is 0 Å². The van der Waals surface area contributed by atoms with Crippen LogP contribution in [0.15, 0.2) is 53.2 Å². The summed E-state index contributed by atoms with van der Waals surface area (Å²) < 4.78 is 11.4. The number of carbonyl (C=O) groups excluding carboxylic acids is 2. The summed E-state index contributed by atoms with van der Waals surface area (Å²) in [4.78, 5) is 32.3. The van der Waals surface area contributed by atoms with Gasteiger partial charge in [0.1, 0.15) is 18.9 Å². The number of amides is 2. The minimum absolute atomic E-state index is 0.0412. The summed E-state index contributed by atoms with van der Waals surface area (Å²) in [6, 6.07) is 13.8. The third-order valence-electron chi connectivity index (χ3n) is 6.49. The SMILES string of the molecule is COCCCN(CC(=O)N1CCc2sccc2C1COc1ccc(C(C)C)cc1)C(=O)c1cccs1. The largest absolute Gasteiger partial charge is 0.491 e. The van der Waals surface area contributed by atoms with E-state index in [0.29, 0.717) is 43.5 Å². The number of hydrogen-bond donors (Lipinski definition) is 0. The van der Waals surface area contributed by atoms with E-state index in [-0.39, 0.29) is 24.4 Å². The predicted octanol–water partition coefficient (Wildman–Crippen LogP) is 5.62. The highest BCUT2D eigenvalue weighted by Gasteiger charge is 2.33. The van der Waals surface area contributed by atoms with Crippen LogP contribution in [0.2, 0.25) is 0 Å². The monoisotopic (exact) mass is 526 g/mol. The van der Waals surface area contributed by atoms with Crippen LogP contribution in [0.25, 0.3) is 0 Å². The van der Waals surface area contributed by atoms with Crippen LogP contribution in [0.5, 0.6) is 5.75 Å². The second-order valence-electron chi connectivity index (χ2n) is 9.24. The molecule has 0 bridgehead atoms. The molecule has 2 aromatic heterocycles. The van der Waals surface area contributed by atoms with Crippen molar-refractivity contribution in [2.75, 3.05) is 40.0 Å². The average molecular weight is 527 g/mol. The van der Waals surface area contributed by atoms with Gasteiger partial charge in [-0.25, -0.2) is 0 Å². The van der Waals surface area contributed by atoms with Crippen molar-refractivity contribution in [1.82, 2.24) is 9.80 Å². The van der Waals surface area contributed by atoms with Gasteiger partial charge in [-0.3, -0.25) is 9.59 Å². The van der Waals surface area contributed by atoms with Gasteiger partial charge in [0.15, 0.2) is 0 Å². The van der Waals surface area contributed by atoms with E-state index in [2.05, 4.69) is 37.4 Å². The molecule has 0 fully saturated rings. The first kappa shape index (κ1) is 26.4. The van der Waals surface area contributed by atoms with Crippen molar-refractivity contribution in [2.24, 2.45) is 0 Å². The topological polar surface area (TPSA) is 59.1 Å². The fourth-order valence-electron chi connectivity index (χ4n) is 4.46. The summed E-state index contributed by atoms with van der Waals surface area (Å²) in [7, 11) is 1.64. The summed E-state index contributed by atoms with van der Waals surface area (Å²) in [5.74, 6) is 1.09. The Morgan fingerprint density at radius 3 is 2.61 bits per heavy atom. The molecule has 1 unspecified atom stereocenters.